The van der Waals surface area contributed by atoms with Crippen molar-refractivity contribution in [3.8, 4) is 0 Å². The van der Waals surface area contributed by atoms with Crippen molar-refractivity contribution < 1.29 is 13.3 Å². The van der Waals surface area contributed by atoms with Gasteiger partial charge in [0.1, 0.15) is 0 Å². The van der Waals surface area contributed by atoms with Crippen molar-refractivity contribution in [2.45, 2.75) is 60.3 Å². The molecule has 1 radical (unpaired) electrons. The Balaban J connectivity index is 3.44. The van der Waals surface area contributed by atoms with Crippen LogP contribution < -0.4 is 5.19 Å². The predicted molar refractivity (Wildman–Crippen MR) is 93.7 cm³/mol. The summed E-state index contributed by atoms with van der Waals surface area (Å²) in [5, 5.41) is 1.06. The average molecular weight is 324 g/mol. The molecule has 0 fully saturated rings. The molecule has 0 N–H and O–H groups in total. The van der Waals surface area contributed by atoms with E-state index in [1.165, 1.54) is 11.1 Å². The largest absolute Gasteiger partial charge is 0.537 e. The van der Waals surface area contributed by atoms with E-state index < -0.39 is 8.80 Å². The lowest BCUT2D eigenvalue weighted by molar-refractivity contribution is 0.0858. The topological polar surface area (TPSA) is 27.7 Å². The van der Waals surface area contributed by atoms with E-state index in [2.05, 4.69) is 45.9 Å². The van der Waals surface area contributed by atoms with Crippen LogP contribution in [0.5, 0.6) is 0 Å². The van der Waals surface area contributed by atoms with Crippen LogP contribution >= 0.6 is 0 Å². The fourth-order valence-corrected chi connectivity index (χ4v) is 4.91. The standard InChI is InChI=1S/C18H31O3Si/c1-8-19-22(20-9-2,21-10-3)18-12-16(14(4)5)11-17(13-18)15(6)7/h12-15H,8-10H2,1-7H3. The molecule has 0 bridgehead atoms. The van der Waals surface area contributed by atoms with Crippen molar-refractivity contribution >= 4 is 14.0 Å². The van der Waals surface area contributed by atoms with Gasteiger partial charge in [-0.15, -0.1) is 0 Å². The molecule has 0 aliphatic carbocycles. The van der Waals surface area contributed by atoms with Gasteiger partial charge in [-0.3, -0.25) is 0 Å². The molecule has 0 aliphatic rings. The van der Waals surface area contributed by atoms with Crippen molar-refractivity contribution in [1.82, 2.24) is 0 Å². The Hall–Kier alpha value is -0.683. The molecule has 0 aliphatic heterocycles. The van der Waals surface area contributed by atoms with E-state index in [0.29, 0.717) is 31.7 Å². The van der Waals surface area contributed by atoms with Gasteiger partial charge in [0.05, 0.1) is 0 Å². The lowest BCUT2D eigenvalue weighted by atomic mass is 9.96. The SMILES string of the molecule is CCO[Si](OCC)(OCC)c1cc(C(C)C)[c]c(C(C)C)c1. The van der Waals surface area contributed by atoms with E-state index in [1.54, 1.807) is 0 Å². The number of hydrogen-bond donors (Lipinski definition) is 0. The Morgan fingerprint density at radius 3 is 1.45 bits per heavy atom. The van der Waals surface area contributed by atoms with Crippen LogP contribution in [-0.2, 0) is 13.3 Å². The molecule has 4 heteroatoms. The minimum absolute atomic E-state index is 0.411. The predicted octanol–water partition coefficient (Wildman–Crippen LogP) is 3.99. The summed E-state index contributed by atoms with van der Waals surface area (Å²) in [4.78, 5) is 0. The second-order valence-electron chi connectivity index (χ2n) is 5.94. The van der Waals surface area contributed by atoms with E-state index in [9.17, 15) is 0 Å². The van der Waals surface area contributed by atoms with Gasteiger partial charge in [0.25, 0.3) is 0 Å². The van der Waals surface area contributed by atoms with Crippen LogP contribution in [0.2, 0.25) is 0 Å². The zero-order valence-corrected chi connectivity index (χ0v) is 16.2. The zero-order valence-electron chi connectivity index (χ0n) is 15.2. The van der Waals surface area contributed by atoms with Crippen molar-refractivity contribution in [3.63, 3.8) is 0 Å². The van der Waals surface area contributed by atoms with E-state index >= 15 is 0 Å². The first kappa shape index (κ1) is 19.4. The van der Waals surface area contributed by atoms with E-state index in [-0.39, 0.29) is 0 Å². The van der Waals surface area contributed by atoms with Crippen LogP contribution in [0.3, 0.4) is 0 Å². The smallest absolute Gasteiger partial charge is 0.370 e. The second kappa shape index (κ2) is 8.82. The Morgan fingerprint density at radius 1 is 0.818 bits per heavy atom. The minimum Gasteiger partial charge on any atom is -0.370 e. The highest BCUT2D eigenvalue weighted by Gasteiger charge is 2.43. The number of rotatable bonds is 9. The first-order valence-corrected chi connectivity index (χ1v) is 10.1. The highest BCUT2D eigenvalue weighted by Crippen LogP contribution is 2.22. The molecule has 0 amide bonds. The molecular formula is C18H31O3Si. The van der Waals surface area contributed by atoms with Crippen molar-refractivity contribution in [1.29, 1.82) is 0 Å². The maximum absolute atomic E-state index is 6.05. The maximum atomic E-state index is 6.05. The molecule has 0 heterocycles. The van der Waals surface area contributed by atoms with Crippen molar-refractivity contribution in [3.05, 3.63) is 29.3 Å². The Kier molecular flexibility index (Phi) is 7.76. The summed E-state index contributed by atoms with van der Waals surface area (Å²) in [7, 11) is -2.85. The third-order valence-electron chi connectivity index (χ3n) is 3.51. The molecule has 0 unspecified atom stereocenters. The van der Waals surface area contributed by atoms with Crippen LogP contribution in [0.25, 0.3) is 0 Å². The molecule has 1 aromatic rings. The molecule has 0 spiro atoms. The summed E-state index contributed by atoms with van der Waals surface area (Å²) in [5.41, 5.74) is 2.38. The van der Waals surface area contributed by atoms with E-state index in [0.717, 1.165) is 5.19 Å². The summed E-state index contributed by atoms with van der Waals surface area (Å²) in [6.07, 6.45) is 0. The normalized spacial score (nSPS) is 12.4. The van der Waals surface area contributed by atoms with Crippen LogP contribution in [0.15, 0.2) is 12.1 Å². The van der Waals surface area contributed by atoms with Crippen LogP contribution in [0.1, 0.15) is 71.4 Å². The number of benzene rings is 1. The minimum atomic E-state index is -2.85. The summed E-state index contributed by atoms with van der Waals surface area (Å²) in [6, 6.07) is 7.85. The van der Waals surface area contributed by atoms with Crippen molar-refractivity contribution in [2.24, 2.45) is 0 Å². The van der Waals surface area contributed by atoms with Gasteiger partial charge in [0.15, 0.2) is 0 Å². The summed E-state index contributed by atoms with van der Waals surface area (Å²) in [5.74, 6) is 0.822. The summed E-state index contributed by atoms with van der Waals surface area (Å²) >= 11 is 0. The molecule has 0 saturated heterocycles. The second-order valence-corrected chi connectivity index (χ2v) is 8.50. The maximum Gasteiger partial charge on any atom is 0.537 e. The number of hydrogen-bond acceptors (Lipinski definition) is 3. The lowest BCUT2D eigenvalue weighted by Crippen LogP contribution is -2.57. The van der Waals surface area contributed by atoms with Gasteiger partial charge in [0, 0.05) is 25.0 Å². The van der Waals surface area contributed by atoms with E-state index in [4.69, 9.17) is 13.3 Å². The molecule has 0 saturated carbocycles. The molecule has 3 nitrogen and oxygen atoms in total. The molecule has 1 rings (SSSR count). The van der Waals surface area contributed by atoms with Gasteiger partial charge >= 0.3 is 8.80 Å². The summed E-state index contributed by atoms with van der Waals surface area (Å²) in [6.45, 7) is 16.5. The molecule has 0 aromatic heterocycles. The van der Waals surface area contributed by atoms with Crippen LogP contribution in [0.4, 0.5) is 0 Å². The molecule has 1 aromatic carbocycles. The fourth-order valence-electron chi connectivity index (χ4n) is 2.36. The Labute approximate surface area is 137 Å². The van der Waals surface area contributed by atoms with Crippen LogP contribution in [-0.4, -0.2) is 28.6 Å². The van der Waals surface area contributed by atoms with E-state index in [1.807, 2.05) is 20.8 Å². The van der Waals surface area contributed by atoms with Gasteiger partial charge in [-0.25, -0.2) is 0 Å². The van der Waals surface area contributed by atoms with Crippen molar-refractivity contribution in [2.75, 3.05) is 19.8 Å². The third kappa shape index (κ3) is 4.65. The highest BCUT2D eigenvalue weighted by molar-refractivity contribution is 6.75. The average Bonchev–Trinajstić information content (AvgIpc) is 2.47. The lowest BCUT2D eigenvalue weighted by Gasteiger charge is -2.30. The zero-order chi connectivity index (χ0) is 16.8. The van der Waals surface area contributed by atoms with Gasteiger partial charge in [-0.2, -0.15) is 0 Å². The van der Waals surface area contributed by atoms with Gasteiger partial charge in [-0.1, -0.05) is 39.8 Å². The van der Waals surface area contributed by atoms with Gasteiger partial charge < -0.3 is 13.3 Å². The molecular weight excluding hydrogens is 292 g/mol. The highest BCUT2D eigenvalue weighted by atomic mass is 28.4. The third-order valence-corrected chi connectivity index (χ3v) is 6.51. The Bertz CT molecular complexity index is 414. The first-order chi connectivity index (χ1) is 10.4. The molecule has 125 valence electrons. The van der Waals surface area contributed by atoms with Gasteiger partial charge in [0.2, 0.25) is 0 Å². The molecule has 0 atom stereocenters. The fraction of sp³-hybridized carbons (Fsp3) is 0.667. The van der Waals surface area contributed by atoms with Gasteiger partial charge in [-0.05, 0) is 49.8 Å². The summed E-state index contributed by atoms with van der Waals surface area (Å²) < 4.78 is 18.1. The first-order valence-electron chi connectivity index (χ1n) is 8.39. The quantitative estimate of drug-likeness (QED) is 0.643. The van der Waals surface area contributed by atoms with Crippen LogP contribution in [0, 0.1) is 6.07 Å². The Morgan fingerprint density at radius 2 is 1.18 bits per heavy atom. The monoisotopic (exact) mass is 323 g/mol. The molecule has 22 heavy (non-hydrogen) atoms.